The summed E-state index contributed by atoms with van der Waals surface area (Å²) in [6, 6.07) is -1.10. The molecule has 2 heterocycles. The van der Waals surface area contributed by atoms with Gasteiger partial charge in [-0.1, -0.05) is 11.6 Å². The predicted octanol–water partition coefficient (Wildman–Crippen LogP) is -0.891. The maximum absolute atomic E-state index is 12.1. The highest BCUT2D eigenvalue weighted by Crippen LogP contribution is 2.21. The molecule has 104 valence electrons. The van der Waals surface area contributed by atoms with Crippen LogP contribution in [0.4, 0.5) is 0 Å². The zero-order valence-electron chi connectivity index (χ0n) is 10.1. The third-order valence-electron chi connectivity index (χ3n) is 2.78. The molecule has 8 nitrogen and oxygen atoms in total. The van der Waals surface area contributed by atoms with E-state index in [2.05, 4.69) is 9.82 Å². The van der Waals surface area contributed by atoms with Crippen LogP contribution >= 0.6 is 11.6 Å². The quantitative estimate of drug-likeness (QED) is 0.730. The maximum Gasteiger partial charge on any atom is 0.259 e. The maximum atomic E-state index is 12.1. The SMILES string of the molecule is CN1C(=O)CC(NS(=O)(=O)c2c(Cl)cnn2C)C1=O. The Morgan fingerprint density at radius 2 is 2.05 bits per heavy atom. The van der Waals surface area contributed by atoms with Crippen LogP contribution in [0.5, 0.6) is 0 Å². The Labute approximate surface area is 114 Å². The Hall–Kier alpha value is -1.45. The molecule has 1 saturated heterocycles. The molecule has 10 heteroatoms. The zero-order valence-corrected chi connectivity index (χ0v) is 11.7. The first kappa shape index (κ1) is 14.0. The largest absolute Gasteiger partial charge is 0.284 e. The Morgan fingerprint density at radius 1 is 1.42 bits per heavy atom. The van der Waals surface area contributed by atoms with Crippen LogP contribution in [-0.4, -0.2) is 48.0 Å². The van der Waals surface area contributed by atoms with Gasteiger partial charge in [0.25, 0.3) is 10.0 Å². The highest BCUT2D eigenvalue weighted by Gasteiger charge is 2.39. The number of amides is 2. The van der Waals surface area contributed by atoms with Crippen molar-refractivity contribution in [3.8, 4) is 0 Å². The number of nitrogens with one attached hydrogen (secondary N) is 1. The van der Waals surface area contributed by atoms with E-state index in [-0.39, 0.29) is 16.5 Å². The minimum absolute atomic E-state index is 0.0554. The van der Waals surface area contributed by atoms with Gasteiger partial charge in [0.15, 0.2) is 5.03 Å². The van der Waals surface area contributed by atoms with Gasteiger partial charge in [0.05, 0.1) is 17.6 Å². The second kappa shape index (κ2) is 4.58. The molecule has 0 aromatic carbocycles. The summed E-state index contributed by atoms with van der Waals surface area (Å²) in [7, 11) is -1.31. The third-order valence-corrected chi connectivity index (χ3v) is 4.75. The summed E-state index contributed by atoms with van der Waals surface area (Å²) in [6.07, 6.45) is 0.980. The summed E-state index contributed by atoms with van der Waals surface area (Å²) in [5.74, 6) is -1.03. The predicted molar refractivity (Wildman–Crippen MR) is 64.7 cm³/mol. The lowest BCUT2D eigenvalue weighted by molar-refractivity contribution is -0.137. The minimum Gasteiger partial charge on any atom is -0.284 e. The van der Waals surface area contributed by atoms with Crippen molar-refractivity contribution in [2.24, 2.45) is 7.05 Å². The van der Waals surface area contributed by atoms with Crippen LogP contribution in [0.25, 0.3) is 0 Å². The molecular weight excluding hydrogens is 296 g/mol. The van der Waals surface area contributed by atoms with Crippen molar-refractivity contribution in [2.75, 3.05) is 7.05 Å². The van der Waals surface area contributed by atoms with Gasteiger partial charge in [-0.15, -0.1) is 0 Å². The molecule has 1 aromatic heterocycles. The van der Waals surface area contributed by atoms with Crippen LogP contribution in [0.1, 0.15) is 6.42 Å². The highest BCUT2D eigenvalue weighted by atomic mass is 35.5. The molecule has 0 saturated carbocycles. The smallest absolute Gasteiger partial charge is 0.259 e. The first-order chi connectivity index (χ1) is 8.74. The first-order valence-corrected chi connectivity index (χ1v) is 7.10. The topological polar surface area (TPSA) is 101 Å². The fourth-order valence-corrected chi connectivity index (χ4v) is 3.64. The van der Waals surface area contributed by atoms with Gasteiger partial charge in [-0.05, 0) is 0 Å². The number of hydrogen-bond acceptors (Lipinski definition) is 5. The van der Waals surface area contributed by atoms with Crippen LogP contribution in [0.3, 0.4) is 0 Å². The molecule has 1 aromatic rings. The van der Waals surface area contributed by atoms with E-state index in [0.29, 0.717) is 0 Å². The Bertz CT molecular complexity index is 634. The Balaban J connectivity index is 2.29. The number of halogens is 1. The number of likely N-dealkylation sites (N-methyl/N-ethyl adjacent to an activating group) is 1. The summed E-state index contributed by atoms with van der Waals surface area (Å²) in [6.45, 7) is 0. The minimum atomic E-state index is -4.02. The second-order valence-corrected chi connectivity index (χ2v) is 6.13. The number of aromatic nitrogens is 2. The molecular formula is C9H11ClN4O4S. The van der Waals surface area contributed by atoms with Gasteiger partial charge in [0.2, 0.25) is 11.8 Å². The summed E-state index contributed by atoms with van der Waals surface area (Å²) in [5, 5.41) is 3.41. The van der Waals surface area contributed by atoms with Crippen LogP contribution in [0, 0.1) is 0 Å². The van der Waals surface area contributed by atoms with Crippen molar-refractivity contribution in [3.63, 3.8) is 0 Å². The summed E-state index contributed by atoms with van der Waals surface area (Å²) in [4.78, 5) is 23.9. The van der Waals surface area contributed by atoms with Gasteiger partial charge in [0.1, 0.15) is 6.04 Å². The lowest BCUT2D eigenvalue weighted by atomic mass is 10.3. The normalized spacial score (nSPS) is 20.4. The monoisotopic (exact) mass is 306 g/mol. The van der Waals surface area contributed by atoms with E-state index in [9.17, 15) is 18.0 Å². The fraction of sp³-hybridized carbons (Fsp3) is 0.444. The molecule has 1 N–H and O–H groups in total. The number of imide groups is 1. The van der Waals surface area contributed by atoms with Crippen molar-refractivity contribution < 1.29 is 18.0 Å². The van der Waals surface area contributed by atoms with Crippen molar-refractivity contribution in [2.45, 2.75) is 17.5 Å². The highest BCUT2D eigenvalue weighted by molar-refractivity contribution is 7.89. The van der Waals surface area contributed by atoms with Crippen LogP contribution in [0.2, 0.25) is 5.02 Å². The molecule has 1 aliphatic rings. The van der Waals surface area contributed by atoms with E-state index < -0.39 is 27.9 Å². The molecule has 0 radical (unpaired) electrons. The number of sulfonamides is 1. The zero-order chi connectivity index (χ0) is 14.4. The molecule has 0 aliphatic carbocycles. The molecule has 1 fully saturated rings. The van der Waals surface area contributed by atoms with Gasteiger partial charge in [-0.3, -0.25) is 19.2 Å². The second-order valence-electron chi connectivity index (χ2n) is 4.09. The average Bonchev–Trinajstić information content (AvgIpc) is 2.75. The Morgan fingerprint density at radius 3 is 2.47 bits per heavy atom. The number of rotatable bonds is 3. The third kappa shape index (κ3) is 2.36. The standard InChI is InChI=1S/C9H11ClN4O4S/c1-13-7(15)3-6(8(13)16)12-19(17,18)9-5(10)4-11-14(9)2/h4,6,12H,3H2,1-2H3. The van der Waals surface area contributed by atoms with Gasteiger partial charge in [-0.2, -0.15) is 9.82 Å². The number of likely N-dealkylation sites (tertiary alicyclic amines) is 1. The van der Waals surface area contributed by atoms with E-state index in [0.717, 1.165) is 9.58 Å². The van der Waals surface area contributed by atoms with Crippen molar-refractivity contribution in [1.82, 2.24) is 19.4 Å². The van der Waals surface area contributed by atoms with E-state index in [1.807, 2.05) is 0 Å². The summed E-state index contributed by atoms with van der Waals surface area (Å²) in [5.41, 5.74) is 0. The summed E-state index contributed by atoms with van der Waals surface area (Å²) >= 11 is 5.74. The van der Waals surface area contributed by atoms with Crippen LogP contribution < -0.4 is 4.72 Å². The van der Waals surface area contributed by atoms with Gasteiger partial charge in [0, 0.05) is 14.1 Å². The molecule has 2 rings (SSSR count). The molecule has 0 bridgehead atoms. The number of nitrogens with zero attached hydrogens (tertiary/aromatic N) is 3. The molecule has 19 heavy (non-hydrogen) atoms. The molecule has 1 aliphatic heterocycles. The number of aryl methyl sites for hydroxylation is 1. The molecule has 1 atom stereocenters. The Kier molecular flexibility index (Phi) is 3.37. The fourth-order valence-electron chi connectivity index (χ4n) is 1.79. The van der Waals surface area contributed by atoms with E-state index >= 15 is 0 Å². The lowest BCUT2D eigenvalue weighted by Gasteiger charge is -2.12. The van der Waals surface area contributed by atoms with E-state index in [1.54, 1.807) is 0 Å². The van der Waals surface area contributed by atoms with E-state index in [4.69, 9.17) is 11.6 Å². The van der Waals surface area contributed by atoms with Crippen LogP contribution in [-0.2, 0) is 26.7 Å². The van der Waals surface area contributed by atoms with Crippen molar-refractivity contribution in [1.29, 1.82) is 0 Å². The number of carbonyl (C=O) groups excluding carboxylic acids is 2. The number of carbonyl (C=O) groups is 2. The van der Waals surface area contributed by atoms with Crippen LogP contribution in [0.15, 0.2) is 11.2 Å². The van der Waals surface area contributed by atoms with Crippen molar-refractivity contribution in [3.05, 3.63) is 11.2 Å². The van der Waals surface area contributed by atoms with E-state index in [1.165, 1.54) is 20.3 Å². The van der Waals surface area contributed by atoms with Gasteiger partial charge >= 0.3 is 0 Å². The molecule has 1 unspecified atom stereocenters. The molecule has 2 amide bonds. The van der Waals surface area contributed by atoms with Crippen molar-refractivity contribution >= 4 is 33.4 Å². The van der Waals surface area contributed by atoms with Gasteiger partial charge < -0.3 is 0 Å². The lowest BCUT2D eigenvalue weighted by Crippen LogP contribution is -2.41. The first-order valence-electron chi connectivity index (χ1n) is 5.24. The number of hydrogen-bond donors (Lipinski definition) is 1. The average molecular weight is 307 g/mol. The molecule has 0 spiro atoms. The summed E-state index contributed by atoms with van der Waals surface area (Å²) < 4.78 is 27.5. The van der Waals surface area contributed by atoms with Gasteiger partial charge in [-0.25, -0.2) is 8.42 Å².